The Kier molecular flexibility index (Phi) is 3.88. The highest BCUT2D eigenvalue weighted by atomic mass is 16.5. The van der Waals surface area contributed by atoms with Crippen LogP contribution in [0.5, 0.6) is 5.75 Å². The third-order valence-corrected chi connectivity index (χ3v) is 4.26. The zero-order valence-corrected chi connectivity index (χ0v) is 13.7. The summed E-state index contributed by atoms with van der Waals surface area (Å²) in [6, 6.07) is 1.68. The summed E-state index contributed by atoms with van der Waals surface area (Å²) in [6.45, 7) is 1.46. The van der Waals surface area contributed by atoms with Gasteiger partial charge in [-0.3, -0.25) is 14.6 Å². The average Bonchev–Trinajstić information content (AvgIpc) is 3.29. The molecule has 0 bridgehead atoms. The Morgan fingerprint density at radius 3 is 2.96 bits per heavy atom. The van der Waals surface area contributed by atoms with Gasteiger partial charge in [0.05, 0.1) is 12.4 Å². The Morgan fingerprint density at radius 2 is 2.20 bits per heavy atom. The minimum Gasteiger partial charge on any atom is -0.484 e. The van der Waals surface area contributed by atoms with Crippen LogP contribution in [0.2, 0.25) is 0 Å². The molecule has 128 valence electrons. The van der Waals surface area contributed by atoms with Gasteiger partial charge < -0.3 is 9.64 Å². The van der Waals surface area contributed by atoms with Crippen LogP contribution in [-0.2, 0) is 26.6 Å². The van der Waals surface area contributed by atoms with Crippen LogP contribution in [0.25, 0.3) is 0 Å². The summed E-state index contributed by atoms with van der Waals surface area (Å²) >= 11 is 0. The summed E-state index contributed by atoms with van der Waals surface area (Å²) in [5.41, 5.74) is 3.49. The fourth-order valence-corrected chi connectivity index (χ4v) is 3.02. The molecule has 0 spiro atoms. The number of aryl methyl sites for hydroxylation is 1. The van der Waals surface area contributed by atoms with E-state index in [1.807, 2.05) is 11.7 Å². The SMILES string of the molecule is Cn1nc(COc2cncnc2)c2c1CCN(C(=O)c1ccn[nH]1)C2. The first-order valence-electron chi connectivity index (χ1n) is 7.92. The minimum atomic E-state index is -0.0599. The number of nitrogens with one attached hydrogen (secondary N) is 1. The van der Waals surface area contributed by atoms with Crippen molar-refractivity contribution in [1.29, 1.82) is 0 Å². The van der Waals surface area contributed by atoms with Crippen molar-refractivity contribution < 1.29 is 9.53 Å². The number of amides is 1. The zero-order valence-electron chi connectivity index (χ0n) is 13.7. The lowest BCUT2D eigenvalue weighted by molar-refractivity contribution is 0.0726. The molecule has 0 unspecified atom stereocenters. The van der Waals surface area contributed by atoms with E-state index in [0.29, 0.717) is 31.1 Å². The number of nitrogens with zero attached hydrogens (tertiary/aromatic N) is 6. The second-order valence-electron chi connectivity index (χ2n) is 5.81. The number of H-pyrrole nitrogens is 1. The van der Waals surface area contributed by atoms with Crippen molar-refractivity contribution >= 4 is 5.91 Å². The van der Waals surface area contributed by atoms with Gasteiger partial charge in [0.25, 0.3) is 5.91 Å². The summed E-state index contributed by atoms with van der Waals surface area (Å²) < 4.78 is 7.59. The van der Waals surface area contributed by atoms with Crippen molar-refractivity contribution in [3.8, 4) is 5.75 Å². The maximum absolute atomic E-state index is 12.5. The molecule has 1 amide bonds. The predicted octanol–water partition coefficient (Wildman–Crippen LogP) is 0.711. The fourth-order valence-electron chi connectivity index (χ4n) is 3.02. The molecular weight excluding hydrogens is 322 g/mol. The fraction of sp³-hybridized carbons (Fsp3) is 0.312. The molecule has 3 aromatic heterocycles. The van der Waals surface area contributed by atoms with Crippen molar-refractivity contribution in [1.82, 2.24) is 34.8 Å². The Labute approximate surface area is 143 Å². The van der Waals surface area contributed by atoms with Gasteiger partial charge >= 0.3 is 0 Å². The van der Waals surface area contributed by atoms with Crippen molar-refractivity contribution in [2.24, 2.45) is 7.05 Å². The largest absolute Gasteiger partial charge is 0.484 e. The third-order valence-electron chi connectivity index (χ3n) is 4.26. The summed E-state index contributed by atoms with van der Waals surface area (Å²) in [5, 5.41) is 11.1. The van der Waals surface area contributed by atoms with Gasteiger partial charge in [0.15, 0.2) is 5.75 Å². The van der Waals surface area contributed by atoms with Crippen LogP contribution >= 0.6 is 0 Å². The van der Waals surface area contributed by atoms with Crippen molar-refractivity contribution in [2.45, 2.75) is 19.6 Å². The predicted molar refractivity (Wildman–Crippen MR) is 86.6 cm³/mol. The third kappa shape index (κ3) is 2.95. The lowest BCUT2D eigenvalue weighted by atomic mass is 10.0. The highest BCUT2D eigenvalue weighted by molar-refractivity contribution is 5.92. The molecule has 0 fully saturated rings. The first-order chi connectivity index (χ1) is 12.2. The second kappa shape index (κ2) is 6.34. The summed E-state index contributed by atoms with van der Waals surface area (Å²) in [5.74, 6) is 0.526. The van der Waals surface area contributed by atoms with Gasteiger partial charge in [0.1, 0.15) is 24.3 Å². The number of carbonyl (C=O) groups is 1. The van der Waals surface area contributed by atoms with E-state index in [1.54, 1.807) is 29.6 Å². The van der Waals surface area contributed by atoms with Gasteiger partial charge in [-0.1, -0.05) is 0 Å². The zero-order chi connectivity index (χ0) is 17.2. The molecule has 0 aromatic carbocycles. The molecule has 0 saturated carbocycles. The molecule has 0 atom stereocenters. The van der Waals surface area contributed by atoms with Crippen molar-refractivity contribution in [3.63, 3.8) is 0 Å². The van der Waals surface area contributed by atoms with E-state index in [1.165, 1.54) is 6.33 Å². The van der Waals surface area contributed by atoms with Crippen LogP contribution in [0.1, 0.15) is 27.4 Å². The summed E-state index contributed by atoms with van der Waals surface area (Å²) in [6.07, 6.45) is 7.00. The maximum Gasteiger partial charge on any atom is 0.272 e. The number of carbonyl (C=O) groups excluding carboxylic acids is 1. The molecule has 9 heteroatoms. The number of hydrogen-bond donors (Lipinski definition) is 1. The first kappa shape index (κ1) is 15.3. The Balaban J connectivity index is 1.53. The smallest absolute Gasteiger partial charge is 0.272 e. The van der Waals surface area contributed by atoms with E-state index in [0.717, 1.165) is 23.4 Å². The normalized spacial score (nSPS) is 13.6. The molecular formula is C16H17N7O2. The molecule has 0 radical (unpaired) electrons. The number of ether oxygens (including phenoxy) is 1. The van der Waals surface area contributed by atoms with E-state index >= 15 is 0 Å². The Hall–Kier alpha value is -3.23. The number of aromatic amines is 1. The van der Waals surface area contributed by atoms with Crippen LogP contribution in [0.4, 0.5) is 0 Å². The van der Waals surface area contributed by atoms with Crippen molar-refractivity contribution in [2.75, 3.05) is 6.54 Å². The molecule has 1 aliphatic rings. The number of rotatable bonds is 4. The highest BCUT2D eigenvalue weighted by Crippen LogP contribution is 2.24. The molecule has 9 nitrogen and oxygen atoms in total. The number of aromatic nitrogens is 6. The lowest BCUT2D eigenvalue weighted by Crippen LogP contribution is -2.36. The lowest BCUT2D eigenvalue weighted by Gasteiger charge is -2.27. The van der Waals surface area contributed by atoms with Crippen LogP contribution in [0, 0.1) is 0 Å². The van der Waals surface area contributed by atoms with E-state index < -0.39 is 0 Å². The highest BCUT2D eigenvalue weighted by Gasteiger charge is 2.27. The van der Waals surface area contributed by atoms with Crippen LogP contribution in [-0.4, -0.2) is 47.3 Å². The molecule has 4 rings (SSSR count). The molecule has 0 aliphatic carbocycles. The molecule has 25 heavy (non-hydrogen) atoms. The van der Waals surface area contributed by atoms with Crippen molar-refractivity contribution in [3.05, 3.63) is 53.6 Å². The van der Waals surface area contributed by atoms with Gasteiger partial charge in [-0.2, -0.15) is 10.2 Å². The van der Waals surface area contributed by atoms with Gasteiger partial charge in [0.2, 0.25) is 0 Å². The summed E-state index contributed by atoms with van der Waals surface area (Å²) in [4.78, 5) is 22.2. The molecule has 0 saturated heterocycles. The monoisotopic (exact) mass is 339 g/mol. The summed E-state index contributed by atoms with van der Waals surface area (Å²) in [7, 11) is 1.92. The van der Waals surface area contributed by atoms with Crippen LogP contribution in [0.15, 0.2) is 31.0 Å². The molecule has 4 heterocycles. The Bertz CT molecular complexity index is 874. The van der Waals surface area contributed by atoms with E-state index in [9.17, 15) is 4.79 Å². The average molecular weight is 339 g/mol. The Morgan fingerprint density at radius 1 is 1.36 bits per heavy atom. The first-order valence-corrected chi connectivity index (χ1v) is 7.92. The van der Waals surface area contributed by atoms with Crippen LogP contribution < -0.4 is 4.74 Å². The molecule has 3 aromatic rings. The topological polar surface area (TPSA) is 102 Å². The maximum atomic E-state index is 12.5. The van der Waals surface area contributed by atoms with Gasteiger partial charge in [-0.25, -0.2) is 9.97 Å². The van der Waals surface area contributed by atoms with Gasteiger partial charge in [-0.15, -0.1) is 0 Å². The van der Waals surface area contributed by atoms with Gasteiger partial charge in [0, 0.05) is 44.0 Å². The standard InChI is InChI=1S/C16H17N7O2/c1-22-15-3-5-23(16(24)13-2-4-19-20-13)8-12(15)14(21-22)9-25-11-6-17-10-18-7-11/h2,4,6-7,10H,3,5,8-9H2,1H3,(H,19,20). The van der Waals surface area contributed by atoms with Crippen LogP contribution in [0.3, 0.4) is 0 Å². The van der Waals surface area contributed by atoms with E-state index in [2.05, 4.69) is 25.3 Å². The number of fused-ring (bicyclic) bond motifs is 1. The molecule has 1 aliphatic heterocycles. The molecule has 1 N–H and O–H groups in total. The van der Waals surface area contributed by atoms with Gasteiger partial charge in [-0.05, 0) is 6.07 Å². The second-order valence-corrected chi connectivity index (χ2v) is 5.81. The van der Waals surface area contributed by atoms with E-state index in [4.69, 9.17) is 4.74 Å². The minimum absolute atomic E-state index is 0.0599. The van der Waals surface area contributed by atoms with E-state index in [-0.39, 0.29) is 5.91 Å². The quantitative estimate of drug-likeness (QED) is 0.751. The number of hydrogen-bond acceptors (Lipinski definition) is 6.